The van der Waals surface area contributed by atoms with Crippen LogP contribution in [0.4, 0.5) is 13.2 Å². The summed E-state index contributed by atoms with van der Waals surface area (Å²) in [5.41, 5.74) is 8.20. The Hall–Kier alpha value is -2.05. The second-order valence-electron chi connectivity index (χ2n) is 6.07. The van der Waals surface area contributed by atoms with Crippen LogP contribution in [0.2, 0.25) is 0 Å². The van der Waals surface area contributed by atoms with E-state index in [1.807, 2.05) is 18.2 Å². The van der Waals surface area contributed by atoms with E-state index in [0.29, 0.717) is 13.1 Å². The molecule has 1 saturated heterocycles. The molecule has 2 aromatic carbocycles. The van der Waals surface area contributed by atoms with Gasteiger partial charge in [-0.1, -0.05) is 42.5 Å². The van der Waals surface area contributed by atoms with Crippen LogP contribution in [0.3, 0.4) is 0 Å². The summed E-state index contributed by atoms with van der Waals surface area (Å²) in [5.74, 6) is -0.209. The van der Waals surface area contributed by atoms with Gasteiger partial charge in [0.05, 0.1) is 0 Å². The number of ether oxygens (including phenoxy) is 1. The maximum Gasteiger partial charge on any atom is 0.573 e. The second-order valence-corrected chi connectivity index (χ2v) is 6.07. The van der Waals surface area contributed by atoms with Gasteiger partial charge in [0, 0.05) is 31.6 Å². The minimum absolute atomic E-state index is 0.00880. The van der Waals surface area contributed by atoms with Crippen molar-refractivity contribution in [2.45, 2.75) is 24.9 Å². The number of hydrogen-bond donors (Lipinski definition) is 1. The molecule has 1 aliphatic rings. The number of alkyl halides is 3. The van der Waals surface area contributed by atoms with Crippen molar-refractivity contribution in [1.82, 2.24) is 4.90 Å². The van der Waals surface area contributed by atoms with Crippen molar-refractivity contribution in [2.24, 2.45) is 5.73 Å². The van der Waals surface area contributed by atoms with Crippen LogP contribution >= 0.6 is 0 Å². The molecule has 2 atom stereocenters. The first-order valence-electron chi connectivity index (χ1n) is 7.78. The highest BCUT2D eigenvalue weighted by Gasteiger charge is 2.33. The molecule has 3 rings (SSSR count). The zero-order chi connectivity index (χ0) is 17.2. The van der Waals surface area contributed by atoms with Gasteiger partial charge in [-0.15, -0.1) is 13.2 Å². The van der Waals surface area contributed by atoms with Crippen molar-refractivity contribution < 1.29 is 17.9 Å². The molecule has 0 saturated carbocycles. The molecule has 3 nitrogen and oxygen atoms in total. The summed E-state index contributed by atoms with van der Waals surface area (Å²) in [7, 11) is 0. The van der Waals surface area contributed by atoms with E-state index in [2.05, 4.69) is 21.8 Å². The third-order valence-corrected chi connectivity index (χ3v) is 4.21. The minimum Gasteiger partial charge on any atom is -0.406 e. The van der Waals surface area contributed by atoms with Crippen molar-refractivity contribution in [3.63, 3.8) is 0 Å². The molecule has 1 aliphatic heterocycles. The lowest BCUT2D eigenvalue weighted by atomic mass is 9.95. The quantitative estimate of drug-likeness (QED) is 0.928. The van der Waals surface area contributed by atoms with E-state index in [0.717, 1.165) is 12.1 Å². The standard InChI is InChI=1S/C18H19F3N2O/c19-18(20,21)24-15-8-4-7-14(9-15)16-11-23(12-17(16)22)10-13-5-2-1-3-6-13/h1-9,16-17H,10-12,22H2. The summed E-state index contributed by atoms with van der Waals surface area (Å²) in [6.07, 6.45) is -4.68. The second kappa shape index (κ2) is 6.83. The molecule has 1 heterocycles. The summed E-state index contributed by atoms with van der Waals surface area (Å²) in [5, 5.41) is 0. The van der Waals surface area contributed by atoms with E-state index in [1.165, 1.54) is 17.7 Å². The Morgan fingerprint density at radius 2 is 1.79 bits per heavy atom. The van der Waals surface area contributed by atoms with Crippen LogP contribution < -0.4 is 10.5 Å². The molecule has 2 aromatic rings. The van der Waals surface area contributed by atoms with Crippen LogP contribution in [0.5, 0.6) is 5.75 Å². The van der Waals surface area contributed by atoms with E-state index in [1.54, 1.807) is 12.1 Å². The van der Waals surface area contributed by atoms with E-state index >= 15 is 0 Å². The Balaban J connectivity index is 1.70. The molecule has 0 amide bonds. The Morgan fingerprint density at radius 1 is 1.04 bits per heavy atom. The zero-order valence-corrected chi connectivity index (χ0v) is 13.0. The van der Waals surface area contributed by atoms with Crippen molar-refractivity contribution in [3.05, 3.63) is 65.7 Å². The number of nitrogens with two attached hydrogens (primary N) is 1. The summed E-state index contributed by atoms with van der Waals surface area (Å²) >= 11 is 0. The summed E-state index contributed by atoms with van der Waals surface area (Å²) in [4.78, 5) is 2.22. The number of halogens is 3. The molecule has 24 heavy (non-hydrogen) atoms. The largest absolute Gasteiger partial charge is 0.573 e. The van der Waals surface area contributed by atoms with E-state index < -0.39 is 6.36 Å². The molecule has 128 valence electrons. The fourth-order valence-electron chi connectivity index (χ4n) is 3.18. The number of benzene rings is 2. The number of nitrogens with zero attached hydrogens (tertiary/aromatic N) is 1. The third-order valence-electron chi connectivity index (χ3n) is 4.21. The topological polar surface area (TPSA) is 38.5 Å². The smallest absolute Gasteiger partial charge is 0.406 e. The van der Waals surface area contributed by atoms with Gasteiger partial charge in [-0.25, -0.2) is 0 Å². The molecule has 2 N–H and O–H groups in total. The van der Waals surface area contributed by atoms with Crippen molar-refractivity contribution >= 4 is 0 Å². The van der Waals surface area contributed by atoms with E-state index in [-0.39, 0.29) is 17.7 Å². The van der Waals surface area contributed by atoms with Crippen LogP contribution in [0, 0.1) is 0 Å². The monoisotopic (exact) mass is 336 g/mol. The van der Waals surface area contributed by atoms with Gasteiger partial charge in [-0.3, -0.25) is 4.90 Å². The molecule has 0 aromatic heterocycles. The fourth-order valence-corrected chi connectivity index (χ4v) is 3.18. The highest BCUT2D eigenvalue weighted by molar-refractivity contribution is 5.33. The minimum atomic E-state index is -4.68. The van der Waals surface area contributed by atoms with Gasteiger partial charge in [-0.2, -0.15) is 0 Å². The van der Waals surface area contributed by atoms with Gasteiger partial charge in [0.2, 0.25) is 0 Å². The van der Waals surface area contributed by atoms with Gasteiger partial charge in [0.15, 0.2) is 0 Å². The summed E-state index contributed by atoms with van der Waals surface area (Å²) in [6, 6.07) is 16.0. The molecule has 1 fully saturated rings. The Morgan fingerprint density at radius 3 is 2.50 bits per heavy atom. The molecule has 6 heteroatoms. The van der Waals surface area contributed by atoms with Gasteiger partial charge >= 0.3 is 6.36 Å². The predicted molar refractivity (Wildman–Crippen MR) is 85.6 cm³/mol. The lowest BCUT2D eigenvalue weighted by Crippen LogP contribution is -2.28. The molecular formula is C18H19F3N2O. The highest BCUT2D eigenvalue weighted by atomic mass is 19.4. The SMILES string of the molecule is NC1CN(Cc2ccccc2)CC1c1cccc(OC(F)(F)F)c1. The molecular weight excluding hydrogens is 317 g/mol. The first kappa shape index (κ1) is 16.8. The zero-order valence-electron chi connectivity index (χ0n) is 13.0. The predicted octanol–water partition coefficient (Wildman–Crippen LogP) is 3.51. The Bertz CT molecular complexity index is 675. The maximum atomic E-state index is 12.4. The number of hydrogen-bond acceptors (Lipinski definition) is 3. The number of likely N-dealkylation sites (tertiary alicyclic amines) is 1. The van der Waals surface area contributed by atoms with Gasteiger partial charge in [-0.05, 0) is 23.3 Å². The lowest BCUT2D eigenvalue weighted by molar-refractivity contribution is -0.274. The molecule has 0 aliphatic carbocycles. The van der Waals surface area contributed by atoms with Crippen LogP contribution in [-0.4, -0.2) is 30.4 Å². The molecule has 0 spiro atoms. The van der Waals surface area contributed by atoms with Gasteiger partial charge in [0.1, 0.15) is 5.75 Å². The first-order chi connectivity index (χ1) is 11.4. The van der Waals surface area contributed by atoms with Gasteiger partial charge in [0.25, 0.3) is 0 Å². The van der Waals surface area contributed by atoms with Crippen molar-refractivity contribution in [2.75, 3.05) is 13.1 Å². The average molecular weight is 336 g/mol. The van der Waals surface area contributed by atoms with Crippen LogP contribution in [0.15, 0.2) is 54.6 Å². The Labute approximate surface area is 138 Å². The third kappa shape index (κ3) is 4.27. The van der Waals surface area contributed by atoms with Crippen molar-refractivity contribution in [3.8, 4) is 5.75 Å². The Kier molecular flexibility index (Phi) is 4.78. The van der Waals surface area contributed by atoms with E-state index in [9.17, 15) is 13.2 Å². The summed E-state index contributed by atoms with van der Waals surface area (Å²) < 4.78 is 41.1. The van der Waals surface area contributed by atoms with Crippen LogP contribution in [-0.2, 0) is 6.54 Å². The highest BCUT2D eigenvalue weighted by Crippen LogP contribution is 2.31. The van der Waals surface area contributed by atoms with Gasteiger partial charge < -0.3 is 10.5 Å². The van der Waals surface area contributed by atoms with Crippen LogP contribution in [0.25, 0.3) is 0 Å². The fraction of sp³-hybridized carbons (Fsp3) is 0.333. The average Bonchev–Trinajstić information content (AvgIpc) is 2.87. The normalized spacial score (nSPS) is 21.8. The maximum absolute atomic E-state index is 12.4. The van der Waals surface area contributed by atoms with Crippen molar-refractivity contribution in [1.29, 1.82) is 0 Å². The molecule has 2 unspecified atom stereocenters. The number of rotatable bonds is 4. The summed E-state index contributed by atoms with van der Waals surface area (Å²) in [6.45, 7) is 2.21. The van der Waals surface area contributed by atoms with Crippen LogP contribution in [0.1, 0.15) is 17.0 Å². The lowest BCUT2D eigenvalue weighted by Gasteiger charge is -2.17. The molecule has 0 bridgehead atoms. The van der Waals surface area contributed by atoms with E-state index in [4.69, 9.17) is 5.73 Å². The first-order valence-corrected chi connectivity index (χ1v) is 7.78. The molecule has 0 radical (unpaired) electrons.